The van der Waals surface area contributed by atoms with Crippen molar-refractivity contribution in [2.45, 2.75) is 25.2 Å². The predicted octanol–water partition coefficient (Wildman–Crippen LogP) is 2.85. The van der Waals surface area contributed by atoms with Crippen LogP contribution >= 0.6 is 0 Å². The van der Waals surface area contributed by atoms with E-state index >= 15 is 0 Å². The summed E-state index contributed by atoms with van der Waals surface area (Å²) in [6, 6.07) is 9.48. The van der Waals surface area contributed by atoms with E-state index in [9.17, 15) is 9.59 Å². The highest BCUT2D eigenvalue weighted by atomic mass is 16.4. The number of allylic oxidation sites excluding steroid dienone is 1. The molecule has 1 rings (SSSR count). The first-order chi connectivity index (χ1) is 10.6. The molecule has 0 saturated heterocycles. The monoisotopic (exact) mass is 304 g/mol. The lowest BCUT2D eigenvalue weighted by Gasteiger charge is -2.24. The van der Waals surface area contributed by atoms with Crippen molar-refractivity contribution in [1.82, 2.24) is 10.2 Å². The lowest BCUT2D eigenvalue weighted by molar-refractivity contribution is -0.131. The maximum absolute atomic E-state index is 12.6. The zero-order valence-electron chi connectivity index (χ0n) is 13.0. The fourth-order valence-electron chi connectivity index (χ4n) is 2.29. The number of hydrogen-bond acceptors (Lipinski definition) is 2. The second kappa shape index (κ2) is 9.60. The highest BCUT2D eigenvalue weighted by Gasteiger charge is 2.23. The molecular formula is C17H24N2O3. The molecule has 22 heavy (non-hydrogen) atoms. The number of carbonyl (C=O) groups is 2. The Morgan fingerprint density at radius 2 is 2.05 bits per heavy atom. The largest absolute Gasteiger partial charge is 0.465 e. The molecule has 2 amide bonds. The molecule has 1 aromatic rings. The predicted molar refractivity (Wildman–Crippen MR) is 86.9 cm³/mol. The van der Waals surface area contributed by atoms with E-state index in [2.05, 4.69) is 11.9 Å². The molecule has 0 aliphatic carbocycles. The van der Waals surface area contributed by atoms with Crippen molar-refractivity contribution in [2.24, 2.45) is 0 Å². The van der Waals surface area contributed by atoms with E-state index in [0.29, 0.717) is 13.0 Å². The van der Waals surface area contributed by atoms with Crippen LogP contribution in [0.25, 0.3) is 0 Å². The highest BCUT2D eigenvalue weighted by molar-refractivity contribution is 5.83. The Balaban J connectivity index is 2.73. The van der Waals surface area contributed by atoms with Gasteiger partial charge in [-0.2, -0.15) is 0 Å². The van der Waals surface area contributed by atoms with Crippen LogP contribution in [0.5, 0.6) is 0 Å². The lowest BCUT2D eigenvalue weighted by Crippen LogP contribution is -2.34. The number of unbranched alkanes of at least 4 members (excludes halogenated alkanes) is 1. The first-order valence-corrected chi connectivity index (χ1v) is 7.44. The Hall–Kier alpha value is -2.30. The van der Waals surface area contributed by atoms with Crippen molar-refractivity contribution < 1.29 is 14.7 Å². The SMILES string of the molecule is C=CCCCN(C)C(=O)C(CCNC(=O)O)c1ccccc1. The van der Waals surface area contributed by atoms with Crippen LogP contribution in [0.3, 0.4) is 0 Å². The average molecular weight is 304 g/mol. The molecule has 1 atom stereocenters. The summed E-state index contributed by atoms with van der Waals surface area (Å²) in [6.45, 7) is 4.59. The molecule has 0 heterocycles. The highest BCUT2D eigenvalue weighted by Crippen LogP contribution is 2.21. The summed E-state index contributed by atoms with van der Waals surface area (Å²) in [7, 11) is 1.78. The quantitative estimate of drug-likeness (QED) is 0.544. The summed E-state index contributed by atoms with van der Waals surface area (Å²) < 4.78 is 0. The smallest absolute Gasteiger partial charge is 0.404 e. The molecule has 5 heteroatoms. The Morgan fingerprint density at radius 1 is 1.36 bits per heavy atom. The van der Waals surface area contributed by atoms with Crippen molar-refractivity contribution in [2.75, 3.05) is 20.1 Å². The number of nitrogens with zero attached hydrogens (tertiary/aromatic N) is 1. The van der Waals surface area contributed by atoms with Gasteiger partial charge in [-0.25, -0.2) is 4.79 Å². The molecule has 0 bridgehead atoms. The van der Waals surface area contributed by atoms with Crippen molar-refractivity contribution >= 4 is 12.0 Å². The molecule has 2 N–H and O–H groups in total. The van der Waals surface area contributed by atoms with Crippen molar-refractivity contribution in [3.8, 4) is 0 Å². The molecule has 1 aromatic carbocycles. The second-order valence-electron chi connectivity index (χ2n) is 5.17. The molecule has 120 valence electrons. The first-order valence-electron chi connectivity index (χ1n) is 7.44. The van der Waals surface area contributed by atoms with E-state index in [1.165, 1.54) is 0 Å². The minimum absolute atomic E-state index is 0.0162. The zero-order valence-corrected chi connectivity index (χ0v) is 13.0. The number of carbonyl (C=O) groups excluding carboxylic acids is 1. The molecular weight excluding hydrogens is 280 g/mol. The summed E-state index contributed by atoms with van der Waals surface area (Å²) in [4.78, 5) is 24.9. The van der Waals surface area contributed by atoms with Crippen molar-refractivity contribution in [3.05, 3.63) is 48.6 Å². The number of carboxylic acid groups (broad SMARTS) is 1. The number of likely N-dealkylation sites (N-methyl/N-ethyl adjacent to an activating group) is 1. The normalized spacial score (nSPS) is 11.5. The molecule has 1 unspecified atom stereocenters. The van der Waals surface area contributed by atoms with Gasteiger partial charge in [-0.05, 0) is 24.8 Å². The Morgan fingerprint density at radius 3 is 2.64 bits per heavy atom. The van der Waals surface area contributed by atoms with Gasteiger partial charge in [0.25, 0.3) is 0 Å². The Bertz CT molecular complexity index is 488. The third kappa shape index (κ3) is 5.99. The molecule has 0 spiro atoms. The minimum Gasteiger partial charge on any atom is -0.465 e. The van der Waals surface area contributed by atoms with Crippen LogP contribution in [0.1, 0.15) is 30.7 Å². The van der Waals surface area contributed by atoms with Crippen LogP contribution in [0, 0.1) is 0 Å². The van der Waals surface area contributed by atoms with Crippen LogP contribution in [0.4, 0.5) is 4.79 Å². The molecule has 0 aliphatic heterocycles. The second-order valence-corrected chi connectivity index (χ2v) is 5.17. The number of hydrogen-bond donors (Lipinski definition) is 2. The standard InChI is InChI=1S/C17H24N2O3/c1-3-4-8-13-19(2)16(20)15(11-12-18-17(21)22)14-9-6-5-7-10-14/h3,5-7,9-10,15,18H,1,4,8,11-13H2,2H3,(H,21,22). The summed E-state index contributed by atoms with van der Waals surface area (Å²) in [6.07, 6.45) is 2.96. The van der Waals surface area contributed by atoms with Gasteiger partial charge in [-0.15, -0.1) is 6.58 Å². The van der Waals surface area contributed by atoms with Gasteiger partial charge in [0.2, 0.25) is 5.91 Å². The van der Waals surface area contributed by atoms with Crippen LogP contribution in [-0.4, -0.2) is 42.1 Å². The van der Waals surface area contributed by atoms with E-state index in [1.807, 2.05) is 36.4 Å². The molecule has 0 aliphatic rings. The maximum atomic E-state index is 12.6. The number of nitrogens with one attached hydrogen (secondary N) is 1. The van der Waals surface area contributed by atoms with Gasteiger partial charge in [-0.1, -0.05) is 36.4 Å². The van der Waals surface area contributed by atoms with Crippen LogP contribution in [-0.2, 0) is 4.79 Å². The number of amides is 2. The van der Waals surface area contributed by atoms with E-state index in [0.717, 1.165) is 18.4 Å². The molecule has 0 radical (unpaired) electrons. The number of benzene rings is 1. The van der Waals surface area contributed by atoms with E-state index < -0.39 is 6.09 Å². The van der Waals surface area contributed by atoms with Gasteiger partial charge in [0.05, 0.1) is 5.92 Å². The molecule has 0 saturated carbocycles. The van der Waals surface area contributed by atoms with Gasteiger partial charge >= 0.3 is 6.09 Å². The van der Waals surface area contributed by atoms with Crippen LogP contribution in [0.2, 0.25) is 0 Å². The summed E-state index contributed by atoms with van der Waals surface area (Å²) >= 11 is 0. The molecule has 0 fully saturated rings. The zero-order chi connectivity index (χ0) is 16.4. The summed E-state index contributed by atoms with van der Waals surface area (Å²) in [5.74, 6) is -0.316. The van der Waals surface area contributed by atoms with E-state index in [4.69, 9.17) is 5.11 Å². The van der Waals surface area contributed by atoms with Gasteiger partial charge in [0.1, 0.15) is 0 Å². The fraction of sp³-hybridized carbons (Fsp3) is 0.412. The fourth-order valence-corrected chi connectivity index (χ4v) is 2.29. The topological polar surface area (TPSA) is 69.6 Å². The number of rotatable bonds is 9. The van der Waals surface area contributed by atoms with E-state index in [-0.39, 0.29) is 18.4 Å². The van der Waals surface area contributed by atoms with Gasteiger partial charge in [-0.3, -0.25) is 4.79 Å². The van der Waals surface area contributed by atoms with Crippen molar-refractivity contribution in [1.29, 1.82) is 0 Å². The van der Waals surface area contributed by atoms with Crippen LogP contribution in [0.15, 0.2) is 43.0 Å². The van der Waals surface area contributed by atoms with Crippen LogP contribution < -0.4 is 5.32 Å². The van der Waals surface area contributed by atoms with Gasteiger partial charge in [0.15, 0.2) is 0 Å². The van der Waals surface area contributed by atoms with Gasteiger partial charge in [0, 0.05) is 20.1 Å². The summed E-state index contributed by atoms with van der Waals surface area (Å²) in [5, 5.41) is 11.0. The third-order valence-corrected chi connectivity index (χ3v) is 3.49. The van der Waals surface area contributed by atoms with Gasteiger partial charge < -0.3 is 15.3 Å². The lowest BCUT2D eigenvalue weighted by atomic mass is 9.94. The van der Waals surface area contributed by atoms with E-state index in [1.54, 1.807) is 11.9 Å². The first kappa shape index (κ1) is 17.8. The third-order valence-electron chi connectivity index (χ3n) is 3.49. The maximum Gasteiger partial charge on any atom is 0.404 e. The van der Waals surface area contributed by atoms with Crippen molar-refractivity contribution in [3.63, 3.8) is 0 Å². The average Bonchev–Trinajstić information content (AvgIpc) is 2.51. The minimum atomic E-state index is -1.07. The Kier molecular flexibility index (Phi) is 7.75. The Labute approximate surface area is 131 Å². The summed E-state index contributed by atoms with van der Waals surface area (Å²) in [5.41, 5.74) is 0.912. The molecule has 0 aromatic heterocycles. The molecule has 5 nitrogen and oxygen atoms in total.